The van der Waals surface area contributed by atoms with E-state index in [-0.39, 0.29) is 12.1 Å². The standard InChI is InChI=1S/C18H27NO/c1-13(19-17-8-4-5-9-18(17)20)15-11-10-14-6-2-3-7-16(14)12-15/h10-13,17-20H,2-9H2,1H3. The van der Waals surface area contributed by atoms with E-state index in [1.807, 2.05) is 0 Å². The fourth-order valence-corrected chi connectivity index (χ4v) is 3.75. The van der Waals surface area contributed by atoms with Crippen LogP contribution >= 0.6 is 0 Å². The fourth-order valence-electron chi connectivity index (χ4n) is 3.75. The van der Waals surface area contributed by atoms with E-state index in [0.29, 0.717) is 6.04 Å². The Kier molecular flexibility index (Phi) is 4.42. The number of fused-ring (bicyclic) bond motifs is 1. The van der Waals surface area contributed by atoms with Gasteiger partial charge in [0.2, 0.25) is 0 Å². The smallest absolute Gasteiger partial charge is 0.0693 e. The van der Waals surface area contributed by atoms with Crippen LogP contribution in [0, 0.1) is 0 Å². The van der Waals surface area contributed by atoms with E-state index < -0.39 is 0 Å². The highest BCUT2D eigenvalue weighted by Crippen LogP contribution is 2.26. The average molecular weight is 273 g/mol. The lowest BCUT2D eigenvalue weighted by Gasteiger charge is -2.31. The summed E-state index contributed by atoms with van der Waals surface area (Å²) < 4.78 is 0. The summed E-state index contributed by atoms with van der Waals surface area (Å²) in [6.07, 6.45) is 9.47. The highest BCUT2D eigenvalue weighted by atomic mass is 16.3. The first-order valence-electron chi connectivity index (χ1n) is 8.30. The van der Waals surface area contributed by atoms with Gasteiger partial charge in [0.05, 0.1) is 6.10 Å². The highest BCUT2D eigenvalue weighted by Gasteiger charge is 2.24. The number of hydrogen-bond acceptors (Lipinski definition) is 2. The lowest BCUT2D eigenvalue weighted by Crippen LogP contribution is -2.43. The maximum Gasteiger partial charge on any atom is 0.0693 e. The second kappa shape index (κ2) is 6.28. The number of nitrogens with one attached hydrogen (secondary N) is 1. The molecule has 0 bridgehead atoms. The normalized spacial score (nSPS) is 27.9. The third kappa shape index (κ3) is 3.07. The van der Waals surface area contributed by atoms with Crippen molar-refractivity contribution in [3.05, 3.63) is 34.9 Å². The zero-order valence-corrected chi connectivity index (χ0v) is 12.6. The van der Waals surface area contributed by atoms with Crippen molar-refractivity contribution in [1.29, 1.82) is 0 Å². The van der Waals surface area contributed by atoms with E-state index in [1.165, 1.54) is 44.1 Å². The van der Waals surface area contributed by atoms with Crippen LogP contribution in [0.1, 0.15) is 68.2 Å². The van der Waals surface area contributed by atoms with Crippen LogP contribution in [0.4, 0.5) is 0 Å². The lowest BCUT2D eigenvalue weighted by atomic mass is 9.88. The summed E-state index contributed by atoms with van der Waals surface area (Å²) in [5, 5.41) is 13.7. The van der Waals surface area contributed by atoms with Gasteiger partial charge in [-0.1, -0.05) is 31.0 Å². The molecule has 3 unspecified atom stereocenters. The first-order chi connectivity index (χ1) is 9.74. The monoisotopic (exact) mass is 273 g/mol. The molecule has 1 fully saturated rings. The summed E-state index contributed by atoms with van der Waals surface area (Å²) in [5.74, 6) is 0. The minimum absolute atomic E-state index is 0.163. The van der Waals surface area contributed by atoms with Gasteiger partial charge in [-0.05, 0) is 62.1 Å². The van der Waals surface area contributed by atoms with Crippen molar-refractivity contribution in [2.24, 2.45) is 0 Å². The second-order valence-electron chi connectivity index (χ2n) is 6.58. The molecule has 2 nitrogen and oxygen atoms in total. The number of benzene rings is 1. The lowest BCUT2D eigenvalue weighted by molar-refractivity contribution is 0.0860. The molecule has 1 aromatic carbocycles. The van der Waals surface area contributed by atoms with Crippen molar-refractivity contribution in [3.63, 3.8) is 0 Å². The molecule has 3 atom stereocenters. The second-order valence-corrected chi connectivity index (χ2v) is 6.58. The van der Waals surface area contributed by atoms with Crippen molar-refractivity contribution >= 4 is 0 Å². The van der Waals surface area contributed by atoms with Crippen LogP contribution in [-0.4, -0.2) is 17.3 Å². The van der Waals surface area contributed by atoms with Crippen molar-refractivity contribution in [1.82, 2.24) is 5.32 Å². The summed E-state index contributed by atoms with van der Waals surface area (Å²) in [5.41, 5.74) is 4.47. The molecular formula is C18H27NO. The SMILES string of the molecule is CC(NC1CCCCC1O)c1ccc2c(c1)CCCC2. The van der Waals surface area contributed by atoms with Crippen molar-refractivity contribution in [2.45, 2.75) is 76.5 Å². The Balaban J connectivity index is 1.68. The van der Waals surface area contributed by atoms with E-state index in [0.717, 1.165) is 12.8 Å². The van der Waals surface area contributed by atoms with Gasteiger partial charge in [0.25, 0.3) is 0 Å². The molecule has 2 heteroatoms. The molecular weight excluding hydrogens is 246 g/mol. The van der Waals surface area contributed by atoms with Gasteiger partial charge in [-0.25, -0.2) is 0 Å². The molecule has 1 aromatic rings. The van der Waals surface area contributed by atoms with Crippen molar-refractivity contribution in [3.8, 4) is 0 Å². The van der Waals surface area contributed by atoms with Crippen LogP contribution in [0.3, 0.4) is 0 Å². The number of aliphatic hydroxyl groups is 1. The molecule has 0 spiro atoms. The molecule has 0 heterocycles. The molecule has 0 amide bonds. The highest BCUT2D eigenvalue weighted by molar-refractivity contribution is 5.35. The Morgan fingerprint density at radius 1 is 1.05 bits per heavy atom. The molecule has 0 radical (unpaired) electrons. The van der Waals surface area contributed by atoms with E-state index >= 15 is 0 Å². The molecule has 0 aromatic heterocycles. The Morgan fingerprint density at radius 3 is 2.60 bits per heavy atom. The molecule has 3 rings (SSSR count). The summed E-state index contributed by atoms with van der Waals surface area (Å²) in [4.78, 5) is 0. The Hall–Kier alpha value is -0.860. The third-order valence-electron chi connectivity index (χ3n) is 5.07. The maximum absolute atomic E-state index is 10.1. The number of rotatable bonds is 3. The van der Waals surface area contributed by atoms with Gasteiger partial charge in [-0.15, -0.1) is 0 Å². The van der Waals surface area contributed by atoms with Crippen LogP contribution < -0.4 is 5.32 Å². The summed E-state index contributed by atoms with van der Waals surface area (Å²) in [6.45, 7) is 2.23. The van der Waals surface area contributed by atoms with Crippen LogP contribution in [0.15, 0.2) is 18.2 Å². The zero-order valence-electron chi connectivity index (χ0n) is 12.6. The van der Waals surface area contributed by atoms with Gasteiger partial charge in [0.1, 0.15) is 0 Å². The van der Waals surface area contributed by atoms with Crippen LogP contribution in [-0.2, 0) is 12.8 Å². The molecule has 20 heavy (non-hydrogen) atoms. The number of aliphatic hydroxyl groups excluding tert-OH is 1. The molecule has 1 saturated carbocycles. The summed E-state index contributed by atoms with van der Waals surface area (Å²) >= 11 is 0. The molecule has 2 aliphatic rings. The topological polar surface area (TPSA) is 32.3 Å². The number of aryl methyl sites for hydroxylation is 2. The van der Waals surface area contributed by atoms with E-state index in [9.17, 15) is 5.11 Å². The molecule has 0 saturated heterocycles. The molecule has 2 N–H and O–H groups in total. The van der Waals surface area contributed by atoms with Gasteiger partial charge in [0, 0.05) is 12.1 Å². The van der Waals surface area contributed by atoms with Crippen LogP contribution in [0.2, 0.25) is 0 Å². The van der Waals surface area contributed by atoms with E-state index in [2.05, 4.69) is 30.4 Å². The number of hydrogen-bond donors (Lipinski definition) is 2. The van der Waals surface area contributed by atoms with Crippen molar-refractivity contribution in [2.75, 3.05) is 0 Å². The van der Waals surface area contributed by atoms with Gasteiger partial charge < -0.3 is 10.4 Å². The van der Waals surface area contributed by atoms with Crippen molar-refractivity contribution < 1.29 is 5.11 Å². The van der Waals surface area contributed by atoms with Gasteiger partial charge in [-0.2, -0.15) is 0 Å². The fraction of sp³-hybridized carbons (Fsp3) is 0.667. The quantitative estimate of drug-likeness (QED) is 0.883. The molecule has 0 aliphatic heterocycles. The van der Waals surface area contributed by atoms with E-state index in [4.69, 9.17) is 0 Å². The predicted molar refractivity (Wildman–Crippen MR) is 82.9 cm³/mol. The van der Waals surface area contributed by atoms with Gasteiger partial charge in [0.15, 0.2) is 0 Å². The Morgan fingerprint density at radius 2 is 1.80 bits per heavy atom. The first-order valence-corrected chi connectivity index (χ1v) is 8.30. The minimum atomic E-state index is -0.163. The van der Waals surface area contributed by atoms with Gasteiger partial charge >= 0.3 is 0 Å². The van der Waals surface area contributed by atoms with Crippen LogP contribution in [0.25, 0.3) is 0 Å². The average Bonchev–Trinajstić information content (AvgIpc) is 2.49. The van der Waals surface area contributed by atoms with Gasteiger partial charge in [-0.3, -0.25) is 0 Å². The minimum Gasteiger partial charge on any atom is -0.392 e. The first kappa shape index (κ1) is 14.1. The van der Waals surface area contributed by atoms with E-state index in [1.54, 1.807) is 11.1 Å². The molecule has 2 aliphatic carbocycles. The summed E-state index contributed by atoms with van der Waals surface area (Å²) in [7, 11) is 0. The third-order valence-corrected chi connectivity index (χ3v) is 5.07. The zero-order chi connectivity index (χ0) is 13.9. The Bertz CT molecular complexity index is 457. The maximum atomic E-state index is 10.1. The predicted octanol–water partition coefficient (Wildman–Crippen LogP) is 3.52. The van der Waals surface area contributed by atoms with Crippen LogP contribution in [0.5, 0.6) is 0 Å². The summed E-state index contributed by atoms with van der Waals surface area (Å²) in [6, 6.07) is 7.59. The Labute approximate surface area is 122 Å². The molecule has 110 valence electrons. The largest absolute Gasteiger partial charge is 0.392 e.